The van der Waals surface area contributed by atoms with Gasteiger partial charge in [-0.15, -0.1) is 16.4 Å². The van der Waals surface area contributed by atoms with Gasteiger partial charge in [-0.25, -0.2) is 4.98 Å². The van der Waals surface area contributed by atoms with Crippen LogP contribution in [0.5, 0.6) is 5.75 Å². The van der Waals surface area contributed by atoms with Crippen LogP contribution in [-0.4, -0.2) is 32.6 Å². The molecule has 0 bridgehead atoms. The van der Waals surface area contributed by atoms with Gasteiger partial charge in [-0.05, 0) is 23.6 Å². The van der Waals surface area contributed by atoms with Gasteiger partial charge in [-0.2, -0.15) is 22.7 Å². The second-order valence-corrected chi connectivity index (χ2v) is 7.09. The zero-order chi connectivity index (χ0) is 21.3. The Hall–Kier alpha value is -3.47. The highest BCUT2D eigenvalue weighted by Crippen LogP contribution is 2.33. The Morgan fingerprint density at radius 1 is 1.20 bits per heavy atom. The summed E-state index contributed by atoms with van der Waals surface area (Å²) >= 11 is 1.25. The molecular weight excluding hydrogens is 419 g/mol. The summed E-state index contributed by atoms with van der Waals surface area (Å²) in [4.78, 5) is 21.1. The van der Waals surface area contributed by atoms with Crippen molar-refractivity contribution in [2.75, 3.05) is 7.11 Å². The van der Waals surface area contributed by atoms with Crippen molar-refractivity contribution in [2.45, 2.75) is 12.7 Å². The minimum Gasteiger partial charge on any atom is -0.496 e. The fourth-order valence-corrected chi connectivity index (χ4v) is 3.51. The van der Waals surface area contributed by atoms with Crippen LogP contribution in [0.3, 0.4) is 0 Å². The normalized spacial score (nSPS) is 11.6. The molecule has 3 heterocycles. The van der Waals surface area contributed by atoms with Crippen molar-refractivity contribution < 1.29 is 22.7 Å². The lowest BCUT2D eigenvalue weighted by Gasteiger charge is -2.09. The zero-order valence-electron chi connectivity index (χ0n) is 15.5. The zero-order valence-corrected chi connectivity index (χ0v) is 16.3. The van der Waals surface area contributed by atoms with Gasteiger partial charge >= 0.3 is 6.18 Å². The lowest BCUT2D eigenvalue weighted by Crippen LogP contribution is -2.24. The number of benzene rings is 1. The number of carbonyl (C=O) groups is 1. The molecule has 0 fully saturated rings. The maximum atomic E-state index is 13.6. The minimum absolute atomic E-state index is 0.0956. The van der Waals surface area contributed by atoms with E-state index in [0.29, 0.717) is 20.7 Å². The van der Waals surface area contributed by atoms with Crippen molar-refractivity contribution in [2.24, 2.45) is 0 Å². The second kappa shape index (κ2) is 7.75. The molecule has 0 aliphatic heterocycles. The molecule has 0 saturated heterocycles. The first-order valence-corrected chi connectivity index (χ1v) is 9.54. The van der Waals surface area contributed by atoms with E-state index in [4.69, 9.17) is 4.74 Å². The molecule has 1 amide bonds. The number of halogens is 3. The standard InChI is InChI=1S/C19H14F3N5O2S/c1-29-13-6-3-2-5-11(13)10-23-17(28)16-25-18-24-12(14-7-4-8-30-14)9-15(19(20,21)22)27(18)26-16/h2-9H,10H2,1H3,(H,23,28). The SMILES string of the molecule is COc1ccccc1CNC(=O)c1nc2nc(-c3cccs3)cc(C(F)(F)F)n2n1. The molecule has 4 aromatic rings. The number of nitrogens with one attached hydrogen (secondary N) is 1. The van der Waals surface area contributed by atoms with Gasteiger partial charge in [0.1, 0.15) is 5.75 Å². The maximum absolute atomic E-state index is 13.6. The molecule has 1 aromatic carbocycles. The van der Waals surface area contributed by atoms with Crippen molar-refractivity contribution in [1.29, 1.82) is 0 Å². The Bertz CT molecular complexity index is 1200. The number of amides is 1. The third-order valence-corrected chi connectivity index (χ3v) is 5.10. The first-order valence-electron chi connectivity index (χ1n) is 8.66. The van der Waals surface area contributed by atoms with Crippen LogP contribution in [0.15, 0.2) is 47.8 Å². The number of methoxy groups -OCH3 is 1. The van der Waals surface area contributed by atoms with Crippen molar-refractivity contribution in [3.8, 4) is 16.3 Å². The number of aromatic nitrogens is 4. The van der Waals surface area contributed by atoms with E-state index < -0.39 is 23.6 Å². The molecule has 0 spiro atoms. The average Bonchev–Trinajstić information content (AvgIpc) is 3.40. The van der Waals surface area contributed by atoms with Gasteiger partial charge in [0.05, 0.1) is 17.7 Å². The van der Waals surface area contributed by atoms with E-state index in [0.717, 1.165) is 6.07 Å². The molecule has 3 aromatic heterocycles. The number of nitrogens with zero attached hydrogens (tertiary/aromatic N) is 4. The Morgan fingerprint density at radius 2 is 2.00 bits per heavy atom. The molecule has 7 nitrogen and oxygen atoms in total. The molecule has 154 valence electrons. The van der Waals surface area contributed by atoms with Crippen molar-refractivity contribution in [3.63, 3.8) is 0 Å². The van der Waals surface area contributed by atoms with Crippen LogP contribution in [0, 0.1) is 0 Å². The predicted octanol–water partition coefficient (Wildman–Crippen LogP) is 3.81. The third-order valence-electron chi connectivity index (χ3n) is 4.21. The number of alkyl halides is 3. The van der Waals surface area contributed by atoms with E-state index in [-0.39, 0.29) is 18.0 Å². The quantitative estimate of drug-likeness (QED) is 0.518. The highest BCUT2D eigenvalue weighted by molar-refractivity contribution is 7.13. The molecule has 4 rings (SSSR count). The van der Waals surface area contributed by atoms with Crippen LogP contribution in [0.2, 0.25) is 0 Å². The molecule has 0 saturated carbocycles. The van der Waals surface area contributed by atoms with Crippen molar-refractivity contribution in [1.82, 2.24) is 24.9 Å². The second-order valence-electron chi connectivity index (χ2n) is 6.14. The summed E-state index contributed by atoms with van der Waals surface area (Å²) in [5.74, 6) is -0.874. The molecule has 0 aliphatic carbocycles. The summed E-state index contributed by atoms with van der Waals surface area (Å²) in [7, 11) is 1.50. The van der Waals surface area contributed by atoms with E-state index >= 15 is 0 Å². The lowest BCUT2D eigenvalue weighted by atomic mass is 10.2. The van der Waals surface area contributed by atoms with Gasteiger partial charge < -0.3 is 10.1 Å². The average molecular weight is 433 g/mol. The summed E-state index contributed by atoms with van der Waals surface area (Å²) in [6.07, 6.45) is -4.70. The van der Waals surface area contributed by atoms with Gasteiger partial charge in [0.15, 0.2) is 5.69 Å². The van der Waals surface area contributed by atoms with E-state index in [9.17, 15) is 18.0 Å². The number of thiophene rings is 1. The van der Waals surface area contributed by atoms with E-state index in [2.05, 4.69) is 20.4 Å². The predicted molar refractivity (Wildman–Crippen MR) is 103 cm³/mol. The molecule has 30 heavy (non-hydrogen) atoms. The fourth-order valence-electron chi connectivity index (χ4n) is 2.82. The Morgan fingerprint density at radius 3 is 2.70 bits per heavy atom. The van der Waals surface area contributed by atoms with Crippen molar-refractivity contribution in [3.05, 3.63) is 64.9 Å². The highest BCUT2D eigenvalue weighted by Gasteiger charge is 2.36. The van der Waals surface area contributed by atoms with Crippen LogP contribution >= 0.6 is 11.3 Å². The molecule has 0 atom stereocenters. The number of para-hydroxylation sites is 1. The van der Waals surface area contributed by atoms with E-state index in [1.165, 1.54) is 18.4 Å². The van der Waals surface area contributed by atoms with Gasteiger partial charge in [0, 0.05) is 12.1 Å². The monoisotopic (exact) mass is 433 g/mol. The Labute approximate surface area is 172 Å². The van der Waals surface area contributed by atoms with Crippen LogP contribution in [0.1, 0.15) is 21.9 Å². The Kier molecular flexibility index (Phi) is 5.12. The number of hydrogen-bond acceptors (Lipinski definition) is 6. The first-order chi connectivity index (χ1) is 14.4. The van der Waals surface area contributed by atoms with Gasteiger partial charge in [0.2, 0.25) is 5.82 Å². The fraction of sp³-hybridized carbons (Fsp3) is 0.158. The molecule has 11 heteroatoms. The highest BCUT2D eigenvalue weighted by atomic mass is 32.1. The van der Waals surface area contributed by atoms with Crippen LogP contribution < -0.4 is 10.1 Å². The van der Waals surface area contributed by atoms with Crippen molar-refractivity contribution >= 4 is 23.0 Å². The summed E-state index contributed by atoms with van der Waals surface area (Å²) in [5.41, 5.74) is -0.253. The lowest BCUT2D eigenvalue weighted by molar-refractivity contribution is -0.142. The first kappa shape index (κ1) is 19.8. The molecule has 1 N–H and O–H groups in total. The summed E-state index contributed by atoms with van der Waals surface area (Å²) < 4.78 is 46.5. The molecule has 0 aliphatic rings. The number of rotatable bonds is 5. The maximum Gasteiger partial charge on any atom is 0.433 e. The summed E-state index contributed by atoms with van der Waals surface area (Å²) in [6, 6.07) is 11.3. The topological polar surface area (TPSA) is 81.4 Å². The minimum atomic E-state index is -4.70. The van der Waals surface area contributed by atoms with Gasteiger partial charge in [0.25, 0.3) is 11.7 Å². The number of ether oxygens (including phenoxy) is 1. The smallest absolute Gasteiger partial charge is 0.433 e. The van der Waals surface area contributed by atoms with Gasteiger partial charge in [-0.1, -0.05) is 24.3 Å². The molecule has 0 radical (unpaired) electrons. The summed E-state index contributed by atoms with van der Waals surface area (Å²) in [5, 5.41) is 8.06. The molecule has 0 unspecified atom stereocenters. The summed E-state index contributed by atoms with van der Waals surface area (Å²) in [6.45, 7) is 0.0956. The van der Waals surface area contributed by atoms with Crippen LogP contribution in [0.4, 0.5) is 13.2 Å². The molecular formula is C19H14F3N5O2S. The number of hydrogen-bond donors (Lipinski definition) is 1. The third kappa shape index (κ3) is 3.83. The van der Waals surface area contributed by atoms with Crippen LogP contribution in [0.25, 0.3) is 16.3 Å². The Balaban J connectivity index is 1.67. The number of carbonyl (C=O) groups excluding carboxylic acids is 1. The van der Waals surface area contributed by atoms with Gasteiger partial charge in [-0.3, -0.25) is 4.79 Å². The van der Waals surface area contributed by atoms with E-state index in [1.807, 2.05) is 0 Å². The van der Waals surface area contributed by atoms with E-state index in [1.54, 1.807) is 41.8 Å². The number of fused-ring (bicyclic) bond motifs is 1. The van der Waals surface area contributed by atoms with Crippen LogP contribution in [-0.2, 0) is 12.7 Å². The largest absolute Gasteiger partial charge is 0.496 e.